The highest BCUT2D eigenvalue weighted by Gasteiger charge is 2.22. The topological polar surface area (TPSA) is 65.1 Å². The van der Waals surface area contributed by atoms with Crippen molar-refractivity contribution in [1.29, 1.82) is 0 Å². The number of aryl methyl sites for hydroxylation is 1. The van der Waals surface area contributed by atoms with Gasteiger partial charge in [0.1, 0.15) is 0 Å². The smallest absolute Gasteiger partial charge is 0.276 e. The Morgan fingerprint density at radius 2 is 2.09 bits per heavy atom. The van der Waals surface area contributed by atoms with Gasteiger partial charge in [-0.1, -0.05) is 24.3 Å². The lowest BCUT2D eigenvalue weighted by Gasteiger charge is -2.22. The second-order valence-corrected chi connectivity index (χ2v) is 5.70. The van der Waals surface area contributed by atoms with Gasteiger partial charge in [0.25, 0.3) is 5.91 Å². The van der Waals surface area contributed by atoms with Crippen molar-refractivity contribution >= 4 is 5.91 Å². The summed E-state index contributed by atoms with van der Waals surface area (Å²) in [6.07, 6.45) is 2.47. The van der Waals surface area contributed by atoms with Crippen molar-refractivity contribution < 1.29 is 4.79 Å². The summed E-state index contributed by atoms with van der Waals surface area (Å²) >= 11 is 0. The Kier molecular flexibility index (Phi) is 4.48. The van der Waals surface area contributed by atoms with Gasteiger partial charge in [-0.3, -0.25) is 9.69 Å². The molecule has 0 spiro atoms. The van der Waals surface area contributed by atoms with Crippen LogP contribution in [0.25, 0.3) is 0 Å². The Hall–Kier alpha value is -2.21. The van der Waals surface area contributed by atoms with Crippen LogP contribution in [0.4, 0.5) is 0 Å². The Bertz CT molecular complexity index is 625. The summed E-state index contributed by atoms with van der Waals surface area (Å²) in [7, 11) is 0. The van der Waals surface area contributed by atoms with E-state index in [9.17, 15) is 4.79 Å². The van der Waals surface area contributed by atoms with Crippen LogP contribution in [0.3, 0.4) is 0 Å². The summed E-state index contributed by atoms with van der Waals surface area (Å²) in [5.41, 5.74) is 3.08. The second-order valence-electron chi connectivity index (χ2n) is 5.70. The predicted molar refractivity (Wildman–Crippen MR) is 83.4 cm³/mol. The van der Waals surface area contributed by atoms with Crippen molar-refractivity contribution in [1.82, 2.24) is 25.2 Å². The van der Waals surface area contributed by atoms with E-state index in [4.69, 9.17) is 0 Å². The minimum Gasteiger partial charge on any atom is -0.336 e. The molecule has 0 atom stereocenters. The average molecular weight is 299 g/mol. The summed E-state index contributed by atoms with van der Waals surface area (Å²) in [6, 6.07) is 8.48. The number of H-pyrrole nitrogens is 1. The van der Waals surface area contributed by atoms with Crippen LogP contribution in [0, 0.1) is 6.92 Å². The van der Waals surface area contributed by atoms with E-state index in [1.165, 1.54) is 17.3 Å². The molecule has 1 aromatic heterocycles. The van der Waals surface area contributed by atoms with Crippen molar-refractivity contribution in [3.05, 3.63) is 47.3 Å². The van der Waals surface area contributed by atoms with Crippen LogP contribution in [0.2, 0.25) is 0 Å². The van der Waals surface area contributed by atoms with E-state index < -0.39 is 0 Å². The number of rotatable bonds is 3. The average Bonchev–Trinajstić information content (AvgIpc) is 2.96. The number of aromatic nitrogens is 3. The standard InChI is InChI=1S/C16H21N5O/c1-13-5-2-3-6-14(13)12-20-7-4-8-21(10-9-20)16(22)15-11-17-19-18-15/h2-3,5-6,11H,4,7-10,12H2,1H3,(H,17,18,19). The minimum atomic E-state index is -0.0357. The first-order valence-electron chi connectivity index (χ1n) is 7.66. The van der Waals surface area contributed by atoms with Crippen LogP contribution in [-0.4, -0.2) is 57.3 Å². The van der Waals surface area contributed by atoms with E-state index in [2.05, 4.69) is 51.5 Å². The van der Waals surface area contributed by atoms with Crippen molar-refractivity contribution in [3.63, 3.8) is 0 Å². The molecule has 1 saturated heterocycles. The molecule has 0 radical (unpaired) electrons. The zero-order valence-corrected chi connectivity index (χ0v) is 12.8. The molecule has 0 saturated carbocycles. The van der Waals surface area contributed by atoms with Crippen LogP contribution in [0.15, 0.2) is 30.5 Å². The molecule has 2 heterocycles. The highest BCUT2D eigenvalue weighted by molar-refractivity contribution is 5.91. The molecule has 6 nitrogen and oxygen atoms in total. The van der Waals surface area contributed by atoms with Crippen molar-refractivity contribution in [2.24, 2.45) is 0 Å². The summed E-state index contributed by atoms with van der Waals surface area (Å²) in [4.78, 5) is 16.6. The first-order valence-corrected chi connectivity index (χ1v) is 7.66. The Morgan fingerprint density at radius 1 is 1.23 bits per heavy atom. The lowest BCUT2D eigenvalue weighted by Crippen LogP contribution is -2.35. The Balaban J connectivity index is 1.60. The summed E-state index contributed by atoms with van der Waals surface area (Å²) < 4.78 is 0. The number of hydrogen-bond acceptors (Lipinski definition) is 4. The fraction of sp³-hybridized carbons (Fsp3) is 0.438. The van der Waals surface area contributed by atoms with Crippen LogP contribution in [-0.2, 0) is 6.54 Å². The normalized spacial score (nSPS) is 16.5. The molecule has 3 rings (SSSR count). The van der Waals surface area contributed by atoms with E-state index in [1.807, 2.05) is 4.90 Å². The zero-order chi connectivity index (χ0) is 15.4. The molecule has 1 aliphatic rings. The molecular weight excluding hydrogens is 278 g/mol. The summed E-state index contributed by atoms with van der Waals surface area (Å²) in [6.45, 7) is 6.49. The number of benzene rings is 1. The maximum atomic E-state index is 12.3. The molecule has 2 aromatic rings. The molecule has 1 N–H and O–H groups in total. The number of aromatic amines is 1. The zero-order valence-electron chi connectivity index (χ0n) is 12.8. The SMILES string of the molecule is Cc1ccccc1CN1CCCN(C(=O)c2cn[nH]n2)CC1. The van der Waals surface area contributed by atoms with Crippen LogP contribution >= 0.6 is 0 Å². The second kappa shape index (κ2) is 6.70. The summed E-state index contributed by atoms with van der Waals surface area (Å²) in [5.74, 6) is -0.0357. The van der Waals surface area contributed by atoms with E-state index in [1.54, 1.807) is 0 Å². The fourth-order valence-corrected chi connectivity index (χ4v) is 2.83. The fourth-order valence-electron chi connectivity index (χ4n) is 2.83. The van der Waals surface area contributed by atoms with Crippen molar-refractivity contribution in [2.45, 2.75) is 19.9 Å². The molecule has 0 bridgehead atoms. The van der Waals surface area contributed by atoms with Crippen LogP contribution in [0.1, 0.15) is 28.0 Å². The molecule has 1 aliphatic heterocycles. The molecule has 1 fully saturated rings. The van der Waals surface area contributed by atoms with Gasteiger partial charge in [0.05, 0.1) is 6.20 Å². The third-order valence-electron chi connectivity index (χ3n) is 4.17. The first-order chi connectivity index (χ1) is 10.7. The van der Waals surface area contributed by atoms with Crippen molar-refractivity contribution in [3.8, 4) is 0 Å². The van der Waals surface area contributed by atoms with Gasteiger partial charge in [-0.2, -0.15) is 15.4 Å². The predicted octanol–water partition coefficient (Wildman–Crippen LogP) is 1.46. The third-order valence-corrected chi connectivity index (χ3v) is 4.17. The van der Waals surface area contributed by atoms with Gasteiger partial charge in [0.2, 0.25) is 0 Å². The molecule has 1 amide bonds. The van der Waals surface area contributed by atoms with Gasteiger partial charge in [-0.05, 0) is 24.5 Å². The van der Waals surface area contributed by atoms with E-state index in [-0.39, 0.29) is 5.91 Å². The number of nitrogens with one attached hydrogen (secondary N) is 1. The summed E-state index contributed by atoms with van der Waals surface area (Å²) in [5, 5.41) is 10.1. The van der Waals surface area contributed by atoms with Gasteiger partial charge in [-0.25, -0.2) is 0 Å². The molecule has 0 aliphatic carbocycles. The van der Waals surface area contributed by atoms with Gasteiger partial charge in [-0.15, -0.1) is 0 Å². The quantitative estimate of drug-likeness (QED) is 0.932. The van der Waals surface area contributed by atoms with Crippen LogP contribution in [0.5, 0.6) is 0 Å². The number of nitrogens with zero attached hydrogens (tertiary/aromatic N) is 4. The van der Waals surface area contributed by atoms with Gasteiger partial charge in [0, 0.05) is 32.7 Å². The van der Waals surface area contributed by atoms with E-state index in [0.717, 1.165) is 39.1 Å². The lowest BCUT2D eigenvalue weighted by molar-refractivity contribution is 0.0755. The highest BCUT2D eigenvalue weighted by atomic mass is 16.2. The van der Waals surface area contributed by atoms with Crippen molar-refractivity contribution in [2.75, 3.05) is 26.2 Å². The molecule has 22 heavy (non-hydrogen) atoms. The maximum absolute atomic E-state index is 12.3. The number of carbonyl (C=O) groups excluding carboxylic acids is 1. The third kappa shape index (κ3) is 3.33. The lowest BCUT2D eigenvalue weighted by atomic mass is 10.1. The van der Waals surface area contributed by atoms with Gasteiger partial charge >= 0.3 is 0 Å². The van der Waals surface area contributed by atoms with E-state index in [0.29, 0.717) is 5.69 Å². The first kappa shape index (κ1) is 14.7. The number of hydrogen-bond donors (Lipinski definition) is 1. The Morgan fingerprint density at radius 3 is 2.86 bits per heavy atom. The molecular formula is C16H21N5O. The molecule has 1 aromatic carbocycles. The largest absolute Gasteiger partial charge is 0.336 e. The minimum absolute atomic E-state index is 0.0357. The van der Waals surface area contributed by atoms with Crippen LogP contribution < -0.4 is 0 Å². The highest BCUT2D eigenvalue weighted by Crippen LogP contribution is 2.13. The molecule has 0 unspecified atom stereocenters. The number of amides is 1. The van der Waals surface area contributed by atoms with Gasteiger partial charge < -0.3 is 4.90 Å². The van der Waals surface area contributed by atoms with E-state index >= 15 is 0 Å². The maximum Gasteiger partial charge on any atom is 0.276 e. The molecule has 6 heteroatoms. The number of carbonyl (C=O) groups is 1. The van der Waals surface area contributed by atoms with Gasteiger partial charge in [0.15, 0.2) is 5.69 Å². The molecule has 116 valence electrons. The monoisotopic (exact) mass is 299 g/mol. The Labute approximate surface area is 130 Å².